The minimum atomic E-state index is 0.0461. The summed E-state index contributed by atoms with van der Waals surface area (Å²) >= 11 is 0. The molecule has 0 fully saturated rings. The van der Waals surface area contributed by atoms with E-state index in [1.165, 1.54) is 25.2 Å². The van der Waals surface area contributed by atoms with E-state index in [2.05, 4.69) is 90.0 Å². The van der Waals surface area contributed by atoms with Gasteiger partial charge in [-0.3, -0.25) is 0 Å². The van der Waals surface area contributed by atoms with Crippen molar-refractivity contribution in [3.8, 4) is 0 Å². The first kappa shape index (κ1) is 24.9. The molecule has 0 aliphatic rings. The second-order valence-electron chi connectivity index (χ2n) is 11.7. The van der Waals surface area contributed by atoms with Gasteiger partial charge in [0, 0.05) is 0 Å². The minimum absolute atomic E-state index is 0.0461. The molecule has 0 aromatic heterocycles. The van der Waals surface area contributed by atoms with Gasteiger partial charge in [-0.2, -0.15) is 0 Å². The average molecular weight is 375 g/mol. The minimum Gasteiger partial charge on any atom is -0.0956 e. The van der Waals surface area contributed by atoms with E-state index in [1.54, 1.807) is 0 Å². The maximum Gasteiger partial charge on any atom is -0.0175 e. The zero-order chi connectivity index (χ0) is 19.6. The van der Waals surface area contributed by atoms with Gasteiger partial charge in [-0.1, -0.05) is 112 Å². The second-order valence-corrected chi connectivity index (χ2v) is 19.6. The summed E-state index contributed by atoms with van der Waals surface area (Å²) < 4.78 is 0. The number of hydrogen-bond donors (Lipinski definition) is 0. The van der Waals surface area contributed by atoms with Crippen LogP contribution in [0, 0.1) is 5.92 Å². The molecule has 0 bridgehead atoms. The lowest BCUT2D eigenvalue weighted by molar-refractivity contribution is 0.566. The van der Waals surface area contributed by atoms with Gasteiger partial charge in [-0.25, -0.2) is 0 Å². The maximum absolute atomic E-state index is 2.50. The van der Waals surface area contributed by atoms with Crippen molar-refractivity contribution in [3.05, 3.63) is 0 Å². The Labute approximate surface area is 157 Å². The Morgan fingerprint density at radius 3 is 1.21 bits per heavy atom. The van der Waals surface area contributed by atoms with E-state index in [4.69, 9.17) is 0 Å². The summed E-state index contributed by atoms with van der Waals surface area (Å²) in [5.41, 5.74) is 0. The molecular weight excluding hydrogens is 326 g/mol. The summed E-state index contributed by atoms with van der Waals surface area (Å²) in [6, 6.07) is 0. The highest BCUT2D eigenvalue weighted by Gasteiger charge is 2.36. The van der Waals surface area contributed by atoms with Crippen molar-refractivity contribution in [2.24, 2.45) is 5.92 Å². The van der Waals surface area contributed by atoms with Gasteiger partial charge in [-0.05, 0) is 45.3 Å². The molecule has 0 amide bonds. The van der Waals surface area contributed by atoms with Crippen LogP contribution in [0.25, 0.3) is 0 Å². The van der Waals surface area contributed by atoms with Crippen LogP contribution in [0.4, 0.5) is 0 Å². The van der Waals surface area contributed by atoms with E-state index in [0.717, 1.165) is 5.92 Å². The van der Waals surface area contributed by atoms with Crippen LogP contribution in [0.1, 0.15) is 103 Å². The standard InChI is InChI=1S/C22H48P2/c1-18(17-24(21(8,9)10)22(11,12)13)15-14-16-23(19(2,3)4)20(5,6)7/h18H,14-17H2,1-13H3. The molecule has 0 rings (SSSR count). The van der Waals surface area contributed by atoms with Crippen LogP contribution < -0.4 is 0 Å². The largest absolute Gasteiger partial charge is 0.0956 e. The molecule has 0 radical (unpaired) electrons. The Bertz CT molecular complexity index is 329. The van der Waals surface area contributed by atoms with Gasteiger partial charge in [-0.15, -0.1) is 0 Å². The SMILES string of the molecule is CC(CCCP(C(C)(C)C)C(C)(C)C)CP(C(C)(C)C)C(C)(C)C. The molecule has 0 spiro atoms. The van der Waals surface area contributed by atoms with E-state index >= 15 is 0 Å². The number of rotatable bonds is 6. The molecule has 1 unspecified atom stereocenters. The molecule has 0 N–H and O–H groups in total. The van der Waals surface area contributed by atoms with Crippen LogP contribution in [0.2, 0.25) is 0 Å². The lowest BCUT2D eigenvalue weighted by Crippen LogP contribution is -2.28. The summed E-state index contributed by atoms with van der Waals surface area (Å²) in [5.74, 6) is 0.867. The maximum atomic E-state index is 2.50. The normalized spacial score (nSPS) is 16.1. The third kappa shape index (κ3) is 8.99. The van der Waals surface area contributed by atoms with Crippen molar-refractivity contribution in [3.63, 3.8) is 0 Å². The summed E-state index contributed by atoms with van der Waals surface area (Å²) in [7, 11) is 0.112. The quantitative estimate of drug-likeness (QED) is 0.408. The summed E-state index contributed by atoms with van der Waals surface area (Å²) in [4.78, 5) is 0. The van der Waals surface area contributed by atoms with Crippen LogP contribution in [-0.2, 0) is 0 Å². The average Bonchev–Trinajstić information content (AvgIpc) is 2.25. The first-order valence-corrected chi connectivity index (χ1v) is 13.0. The van der Waals surface area contributed by atoms with Gasteiger partial charge in [0.15, 0.2) is 0 Å². The van der Waals surface area contributed by atoms with E-state index < -0.39 is 0 Å². The van der Waals surface area contributed by atoms with Crippen molar-refractivity contribution in [2.75, 3.05) is 12.3 Å². The van der Waals surface area contributed by atoms with Gasteiger partial charge in [0.2, 0.25) is 0 Å². The molecule has 1 atom stereocenters. The highest BCUT2D eigenvalue weighted by atomic mass is 31.1. The topological polar surface area (TPSA) is 0 Å². The molecule has 0 nitrogen and oxygen atoms in total. The smallest absolute Gasteiger partial charge is 0.0175 e. The Morgan fingerprint density at radius 2 is 0.917 bits per heavy atom. The Kier molecular flexibility index (Phi) is 9.01. The Morgan fingerprint density at radius 1 is 0.583 bits per heavy atom. The molecule has 2 heteroatoms. The third-order valence-corrected chi connectivity index (χ3v) is 13.0. The van der Waals surface area contributed by atoms with E-state index in [9.17, 15) is 0 Å². The second kappa shape index (κ2) is 8.70. The van der Waals surface area contributed by atoms with E-state index in [1.807, 2.05) is 0 Å². The van der Waals surface area contributed by atoms with E-state index in [0.29, 0.717) is 20.6 Å². The molecule has 24 heavy (non-hydrogen) atoms. The monoisotopic (exact) mass is 374 g/mol. The Hall–Kier alpha value is 0.860. The highest BCUT2D eigenvalue weighted by molar-refractivity contribution is 7.61. The fourth-order valence-corrected chi connectivity index (χ4v) is 12.0. The Balaban J connectivity index is 4.71. The molecule has 146 valence electrons. The first-order valence-electron chi connectivity index (χ1n) is 9.92. The van der Waals surface area contributed by atoms with Crippen LogP contribution in [0.5, 0.6) is 0 Å². The predicted octanol–water partition coefficient (Wildman–Crippen LogP) is 8.56. The zero-order valence-electron chi connectivity index (χ0n) is 19.3. The van der Waals surface area contributed by atoms with Gasteiger partial charge in [0.05, 0.1) is 0 Å². The lowest BCUT2D eigenvalue weighted by Gasteiger charge is -2.43. The van der Waals surface area contributed by atoms with Crippen molar-refractivity contribution >= 4 is 15.8 Å². The number of hydrogen-bond acceptors (Lipinski definition) is 0. The fraction of sp³-hybridized carbons (Fsp3) is 1.00. The van der Waals surface area contributed by atoms with Crippen molar-refractivity contribution in [1.29, 1.82) is 0 Å². The van der Waals surface area contributed by atoms with Crippen molar-refractivity contribution in [2.45, 2.75) is 123 Å². The fourth-order valence-electron chi connectivity index (χ4n) is 4.23. The lowest BCUT2D eigenvalue weighted by atomic mass is 10.1. The van der Waals surface area contributed by atoms with Gasteiger partial charge >= 0.3 is 0 Å². The van der Waals surface area contributed by atoms with Crippen LogP contribution in [0.3, 0.4) is 0 Å². The molecule has 0 heterocycles. The van der Waals surface area contributed by atoms with Gasteiger partial charge in [0.1, 0.15) is 0 Å². The summed E-state index contributed by atoms with van der Waals surface area (Å²) in [5, 5.41) is 1.87. The molecular formula is C22H48P2. The highest BCUT2D eigenvalue weighted by Crippen LogP contribution is 2.61. The van der Waals surface area contributed by atoms with E-state index in [-0.39, 0.29) is 15.8 Å². The van der Waals surface area contributed by atoms with Gasteiger partial charge < -0.3 is 0 Å². The molecule has 0 aliphatic carbocycles. The molecule has 0 aromatic rings. The first-order chi connectivity index (χ1) is 10.4. The van der Waals surface area contributed by atoms with Crippen LogP contribution in [-0.4, -0.2) is 32.9 Å². The van der Waals surface area contributed by atoms with Crippen LogP contribution >= 0.6 is 15.8 Å². The van der Waals surface area contributed by atoms with Crippen molar-refractivity contribution in [1.82, 2.24) is 0 Å². The third-order valence-electron chi connectivity index (χ3n) is 4.81. The summed E-state index contributed by atoms with van der Waals surface area (Å²) in [6.45, 7) is 31.9. The van der Waals surface area contributed by atoms with Crippen molar-refractivity contribution < 1.29 is 0 Å². The predicted molar refractivity (Wildman–Crippen MR) is 121 cm³/mol. The molecule has 0 saturated carbocycles. The summed E-state index contributed by atoms with van der Waals surface area (Å²) in [6.07, 6.45) is 5.70. The molecule has 0 aromatic carbocycles. The van der Waals surface area contributed by atoms with Crippen LogP contribution in [0.15, 0.2) is 0 Å². The molecule has 0 aliphatic heterocycles. The zero-order valence-corrected chi connectivity index (χ0v) is 21.1. The molecule has 0 saturated heterocycles. The van der Waals surface area contributed by atoms with Gasteiger partial charge in [0.25, 0.3) is 0 Å².